The minimum absolute atomic E-state index is 0.0113. The molecule has 7 nitrogen and oxygen atoms in total. The number of fused-ring (bicyclic) bond motifs is 4. The third-order valence-corrected chi connectivity index (χ3v) is 10.5. The molecule has 4 aliphatic rings. The maximum absolute atomic E-state index is 16.7. The molecular formula is C34H33ClFN5O2. The molecule has 8 rings (SSSR count). The number of halogens is 2. The molecule has 3 aromatic carbocycles. The Bertz CT molecular complexity index is 1780. The lowest BCUT2D eigenvalue weighted by Gasteiger charge is -2.47. The van der Waals surface area contributed by atoms with E-state index < -0.39 is 5.82 Å². The number of carbonyl (C=O) groups is 1. The molecule has 4 aliphatic heterocycles. The quantitative estimate of drug-likeness (QED) is 0.246. The van der Waals surface area contributed by atoms with Crippen LogP contribution in [-0.2, 0) is 4.79 Å². The fourth-order valence-electron chi connectivity index (χ4n) is 8.05. The van der Waals surface area contributed by atoms with Crippen molar-refractivity contribution >= 4 is 45.0 Å². The maximum Gasteiger partial charge on any atom is 0.319 e. The summed E-state index contributed by atoms with van der Waals surface area (Å²) in [5.41, 5.74) is 1.39. The van der Waals surface area contributed by atoms with Gasteiger partial charge in [-0.1, -0.05) is 54.6 Å². The zero-order valence-corrected chi connectivity index (χ0v) is 24.7. The van der Waals surface area contributed by atoms with Gasteiger partial charge in [-0.25, -0.2) is 4.39 Å². The molecule has 0 unspecified atom stereocenters. The third kappa shape index (κ3) is 4.14. The van der Waals surface area contributed by atoms with Crippen molar-refractivity contribution in [2.24, 2.45) is 0 Å². The van der Waals surface area contributed by atoms with Gasteiger partial charge in [0.25, 0.3) is 0 Å². The first kappa shape index (κ1) is 26.8. The molecule has 4 saturated heterocycles. The van der Waals surface area contributed by atoms with Crippen molar-refractivity contribution in [3.05, 3.63) is 72.0 Å². The van der Waals surface area contributed by atoms with Crippen LogP contribution in [-0.4, -0.2) is 76.1 Å². The normalized spacial score (nSPS) is 22.6. The van der Waals surface area contributed by atoms with Gasteiger partial charge in [-0.15, -0.1) is 0 Å². The highest BCUT2D eigenvalue weighted by Crippen LogP contribution is 2.43. The number of benzene rings is 3. The Morgan fingerprint density at radius 1 is 1.05 bits per heavy atom. The van der Waals surface area contributed by atoms with E-state index in [1.54, 1.807) is 6.07 Å². The summed E-state index contributed by atoms with van der Waals surface area (Å²) in [5.74, 6) is 0.180. The lowest BCUT2D eigenvalue weighted by molar-refractivity contribution is -0.127. The van der Waals surface area contributed by atoms with E-state index in [1.165, 1.54) is 6.08 Å². The summed E-state index contributed by atoms with van der Waals surface area (Å²) >= 11 is 6.63. The van der Waals surface area contributed by atoms with Crippen molar-refractivity contribution in [1.29, 1.82) is 0 Å². The number of aromatic nitrogens is 2. The first-order valence-corrected chi connectivity index (χ1v) is 15.6. The van der Waals surface area contributed by atoms with Gasteiger partial charge < -0.3 is 14.5 Å². The van der Waals surface area contributed by atoms with Gasteiger partial charge >= 0.3 is 6.01 Å². The maximum atomic E-state index is 16.7. The largest absolute Gasteiger partial charge is 0.461 e. The molecule has 4 fully saturated rings. The summed E-state index contributed by atoms with van der Waals surface area (Å²) in [5, 5.41) is 2.96. The molecule has 1 aromatic heterocycles. The fraction of sp³-hybridized carbons (Fsp3) is 0.382. The number of nitrogens with zero attached hydrogens (tertiary/aromatic N) is 5. The number of rotatable bonds is 6. The lowest BCUT2D eigenvalue weighted by atomic mass is 9.94. The Balaban J connectivity index is 1.23. The zero-order valence-electron chi connectivity index (χ0n) is 23.9. The highest BCUT2D eigenvalue weighted by Gasteiger charge is 2.49. The van der Waals surface area contributed by atoms with Crippen LogP contribution in [0, 0.1) is 5.82 Å². The van der Waals surface area contributed by atoms with Gasteiger partial charge in [0.05, 0.1) is 17.6 Å². The molecule has 0 radical (unpaired) electrons. The van der Waals surface area contributed by atoms with Crippen molar-refractivity contribution in [3.63, 3.8) is 0 Å². The minimum Gasteiger partial charge on any atom is -0.461 e. The van der Waals surface area contributed by atoms with Gasteiger partial charge in [-0.2, -0.15) is 9.97 Å². The number of carbonyl (C=O) groups excluding carboxylic acids is 1. The number of ether oxygens (including phenoxy) is 1. The monoisotopic (exact) mass is 597 g/mol. The number of anilines is 1. The molecule has 43 heavy (non-hydrogen) atoms. The van der Waals surface area contributed by atoms with Crippen LogP contribution in [0.3, 0.4) is 0 Å². The molecule has 0 aliphatic carbocycles. The second-order valence-electron chi connectivity index (χ2n) is 12.3. The van der Waals surface area contributed by atoms with Gasteiger partial charge in [0.2, 0.25) is 5.91 Å². The van der Waals surface area contributed by atoms with Crippen LogP contribution in [0.25, 0.3) is 32.8 Å². The second kappa shape index (κ2) is 10.2. The molecular weight excluding hydrogens is 565 g/mol. The van der Waals surface area contributed by atoms with Crippen LogP contribution >= 0.6 is 11.6 Å². The molecule has 0 saturated carbocycles. The predicted octanol–water partition coefficient (Wildman–Crippen LogP) is 6.23. The van der Waals surface area contributed by atoms with Crippen LogP contribution in [0.15, 0.2) is 61.2 Å². The summed E-state index contributed by atoms with van der Waals surface area (Å²) in [6.45, 7) is 7.63. The average molecular weight is 598 g/mol. The summed E-state index contributed by atoms with van der Waals surface area (Å²) in [6.07, 6.45) is 6.71. The fourth-order valence-corrected chi connectivity index (χ4v) is 8.33. The van der Waals surface area contributed by atoms with Gasteiger partial charge in [-0.3, -0.25) is 9.69 Å². The Kier molecular flexibility index (Phi) is 6.35. The minimum atomic E-state index is -0.424. The Hall–Kier alpha value is -3.75. The van der Waals surface area contributed by atoms with E-state index in [4.69, 9.17) is 26.3 Å². The van der Waals surface area contributed by atoms with Crippen molar-refractivity contribution in [2.45, 2.75) is 49.7 Å². The molecule has 4 aromatic rings. The van der Waals surface area contributed by atoms with E-state index in [9.17, 15) is 4.79 Å². The number of likely N-dealkylation sites (tertiary alicyclic amines) is 1. The Morgan fingerprint density at radius 2 is 1.84 bits per heavy atom. The summed E-state index contributed by atoms with van der Waals surface area (Å²) in [7, 11) is 0. The van der Waals surface area contributed by atoms with E-state index in [-0.39, 0.29) is 35.1 Å². The van der Waals surface area contributed by atoms with Gasteiger partial charge in [0.15, 0.2) is 5.82 Å². The van der Waals surface area contributed by atoms with E-state index >= 15 is 4.39 Å². The number of amides is 1. The van der Waals surface area contributed by atoms with Crippen molar-refractivity contribution in [2.75, 3.05) is 37.7 Å². The van der Waals surface area contributed by atoms with Gasteiger partial charge in [0.1, 0.15) is 17.9 Å². The zero-order chi connectivity index (χ0) is 29.3. The predicted molar refractivity (Wildman–Crippen MR) is 167 cm³/mol. The molecule has 0 spiro atoms. The number of hydrogen-bond donors (Lipinski definition) is 0. The van der Waals surface area contributed by atoms with Crippen LogP contribution in [0.2, 0.25) is 5.02 Å². The van der Waals surface area contributed by atoms with Crippen molar-refractivity contribution in [3.8, 4) is 17.1 Å². The van der Waals surface area contributed by atoms with E-state index in [1.807, 2.05) is 47.4 Å². The highest BCUT2D eigenvalue weighted by atomic mass is 35.5. The van der Waals surface area contributed by atoms with Crippen LogP contribution in [0.4, 0.5) is 10.2 Å². The summed E-state index contributed by atoms with van der Waals surface area (Å²) in [6, 6.07) is 15.6. The van der Waals surface area contributed by atoms with E-state index in [2.05, 4.69) is 16.4 Å². The first-order valence-electron chi connectivity index (χ1n) is 15.2. The summed E-state index contributed by atoms with van der Waals surface area (Å²) in [4.78, 5) is 28.7. The topological polar surface area (TPSA) is 61.8 Å². The van der Waals surface area contributed by atoms with Gasteiger partial charge in [-0.05, 0) is 74.4 Å². The first-order chi connectivity index (χ1) is 21.0. The molecule has 0 bridgehead atoms. The van der Waals surface area contributed by atoms with Crippen LogP contribution in [0.5, 0.6) is 6.01 Å². The Morgan fingerprint density at radius 3 is 2.63 bits per heavy atom. The molecule has 5 heterocycles. The average Bonchev–Trinajstić information content (AvgIpc) is 3.69. The SMILES string of the molecule is C=CC(=O)N1CC[C@H]2[C@H]1CN2c1nc(OCC23CCCN2CCC3)nc2c(F)c(-c3cccc4cccc(Cl)c34)ccc12. The summed E-state index contributed by atoms with van der Waals surface area (Å²) < 4.78 is 23.1. The Labute approximate surface area is 254 Å². The molecule has 220 valence electrons. The van der Waals surface area contributed by atoms with E-state index in [0.29, 0.717) is 41.5 Å². The lowest BCUT2D eigenvalue weighted by Crippen LogP contribution is -2.63. The van der Waals surface area contributed by atoms with Crippen LogP contribution in [0.1, 0.15) is 32.1 Å². The standard InChI is InChI=1S/C34H33ClFN5O2/c1-2-28(42)40-18-13-26-27(40)19-41(26)32-24-12-11-23(22-9-3-7-21-8-4-10-25(35)29(21)22)30(36)31(24)37-33(38-32)43-20-34-14-5-16-39(34)17-6-15-34/h2-4,7-12,26-27H,1,5-6,13-20H2/t26-,27+/m0/s1. The third-order valence-electron chi connectivity index (χ3n) is 10.2. The molecule has 0 N–H and O–H groups in total. The van der Waals surface area contributed by atoms with E-state index in [0.717, 1.165) is 61.5 Å². The van der Waals surface area contributed by atoms with Crippen molar-refractivity contribution in [1.82, 2.24) is 19.8 Å². The van der Waals surface area contributed by atoms with Gasteiger partial charge in [0, 0.05) is 34.4 Å². The van der Waals surface area contributed by atoms with Crippen LogP contribution < -0.4 is 9.64 Å². The molecule has 1 amide bonds. The highest BCUT2D eigenvalue weighted by molar-refractivity contribution is 6.36. The molecule has 9 heteroatoms. The second-order valence-corrected chi connectivity index (χ2v) is 12.7. The number of hydrogen-bond acceptors (Lipinski definition) is 6. The molecule has 2 atom stereocenters. The van der Waals surface area contributed by atoms with Crippen molar-refractivity contribution < 1.29 is 13.9 Å². The smallest absolute Gasteiger partial charge is 0.319 e.